The van der Waals surface area contributed by atoms with Crippen LogP contribution in [-0.4, -0.2) is 46.5 Å². The Labute approximate surface area is 226 Å². The van der Waals surface area contributed by atoms with E-state index in [0.717, 1.165) is 27.3 Å². The average Bonchev–Trinajstić information content (AvgIpc) is 3.22. The first kappa shape index (κ1) is 26.9. The molecule has 1 aliphatic rings. The van der Waals surface area contributed by atoms with E-state index in [9.17, 15) is 19.6 Å². The summed E-state index contributed by atoms with van der Waals surface area (Å²) >= 11 is 1.17. The first-order chi connectivity index (χ1) is 18.2. The van der Waals surface area contributed by atoms with Crippen molar-refractivity contribution in [3.8, 4) is 11.8 Å². The van der Waals surface area contributed by atoms with E-state index in [1.807, 2.05) is 51.1 Å². The van der Waals surface area contributed by atoms with Crippen molar-refractivity contribution in [2.75, 3.05) is 17.8 Å². The molecule has 2 heterocycles. The van der Waals surface area contributed by atoms with Gasteiger partial charge < -0.3 is 9.64 Å². The number of rotatable bonds is 8. The number of carbonyl (C=O) groups excluding carboxylic acids is 3. The highest BCUT2D eigenvalue weighted by atomic mass is 32.2. The van der Waals surface area contributed by atoms with Gasteiger partial charge in [-0.3, -0.25) is 14.4 Å². The number of carbonyl (C=O) groups is 3. The molecule has 1 saturated heterocycles. The summed E-state index contributed by atoms with van der Waals surface area (Å²) < 4.78 is 5.17. The van der Waals surface area contributed by atoms with Crippen molar-refractivity contribution in [2.24, 2.45) is 0 Å². The molecular weight excluding hydrogens is 500 g/mol. The molecule has 0 N–H and O–H groups in total. The third-order valence-electron chi connectivity index (χ3n) is 6.75. The summed E-state index contributed by atoms with van der Waals surface area (Å²) in [5.41, 5.74) is 4.28. The molecule has 2 aromatic carbocycles. The molecule has 3 aromatic rings. The Bertz CT molecular complexity index is 1420. The normalized spacial score (nSPS) is 14.9. The van der Waals surface area contributed by atoms with E-state index in [2.05, 4.69) is 11.1 Å². The SMILES string of the molecule is COc1ccc(N2C(=O)CC(N(Cc3ccccc3)C(=O)CSc3nc(C)c(C)c(C)c3C#N)C2=O)cc1. The van der Waals surface area contributed by atoms with Crippen LogP contribution in [0.5, 0.6) is 5.75 Å². The van der Waals surface area contributed by atoms with E-state index in [4.69, 9.17) is 4.74 Å². The molecule has 0 aliphatic carbocycles. The van der Waals surface area contributed by atoms with Crippen molar-refractivity contribution in [1.29, 1.82) is 5.26 Å². The molecule has 1 atom stereocenters. The zero-order valence-electron chi connectivity index (χ0n) is 21.7. The first-order valence-corrected chi connectivity index (χ1v) is 13.1. The number of thioether (sulfide) groups is 1. The van der Waals surface area contributed by atoms with Gasteiger partial charge in [0.1, 0.15) is 22.9 Å². The Morgan fingerprint density at radius 3 is 2.42 bits per heavy atom. The summed E-state index contributed by atoms with van der Waals surface area (Å²) in [5, 5.41) is 10.2. The number of pyridine rings is 1. The van der Waals surface area contributed by atoms with Crippen LogP contribution in [0.15, 0.2) is 59.6 Å². The van der Waals surface area contributed by atoms with Gasteiger partial charge >= 0.3 is 0 Å². The van der Waals surface area contributed by atoms with Crippen molar-refractivity contribution >= 4 is 35.2 Å². The maximum Gasteiger partial charge on any atom is 0.257 e. The Morgan fingerprint density at radius 1 is 1.11 bits per heavy atom. The van der Waals surface area contributed by atoms with Crippen LogP contribution < -0.4 is 9.64 Å². The third-order valence-corrected chi connectivity index (χ3v) is 7.71. The maximum atomic E-state index is 13.6. The van der Waals surface area contributed by atoms with Crippen molar-refractivity contribution in [3.05, 3.63) is 82.5 Å². The third kappa shape index (κ3) is 5.41. The minimum absolute atomic E-state index is 0.0308. The van der Waals surface area contributed by atoms with E-state index in [1.165, 1.54) is 23.8 Å². The molecule has 38 heavy (non-hydrogen) atoms. The zero-order valence-corrected chi connectivity index (χ0v) is 22.5. The molecule has 194 valence electrons. The molecule has 1 unspecified atom stereocenters. The predicted octanol–water partition coefficient (Wildman–Crippen LogP) is 4.34. The van der Waals surface area contributed by atoms with Crippen LogP contribution in [0, 0.1) is 32.1 Å². The lowest BCUT2D eigenvalue weighted by Gasteiger charge is -2.28. The summed E-state index contributed by atoms with van der Waals surface area (Å²) in [6.45, 7) is 5.82. The number of aromatic nitrogens is 1. The van der Waals surface area contributed by atoms with Crippen molar-refractivity contribution in [2.45, 2.75) is 44.8 Å². The van der Waals surface area contributed by atoms with E-state index >= 15 is 0 Å². The molecular formula is C29H28N4O4S. The molecule has 1 fully saturated rings. The number of anilines is 1. The number of methoxy groups -OCH3 is 1. The smallest absolute Gasteiger partial charge is 0.257 e. The van der Waals surface area contributed by atoms with Crippen LogP contribution in [0.4, 0.5) is 5.69 Å². The monoisotopic (exact) mass is 528 g/mol. The lowest BCUT2D eigenvalue weighted by Crippen LogP contribution is -2.45. The Morgan fingerprint density at radius 2 is 1.79 bits per heavy atom. The Hall–Kier alpha value is -4.16. The van der Waals surface area contributed by atoms with Crippen molar-refractivity contribution in [3.63, 3.8) is 0 Å². The van der Waals surface area contributed by atoms with Gasteiger partial charge in [-0.15, -0.1) is 0 Å². The minimum Gasteiger partial charge on any atom is -0.497 e. The van der Waals surface area contributed by atoms with Gasteiger partial charge in [-0.2, -0.15) is 5.26 Å². The average molecular weight is 529 g/mol. The lowest BCUT2D eigenvalue weighted by molar-refractivity contribution is -0.136. The summed E-state index contributed by atoms with van der Waals surface area (Å²) in [6.07, 6.45) is -0.113. The van der Waals surface area contributed by atoms with Gasteiger partial charge in [-0.05, 0) is 61.7 Å². The van der Waals surface area contributed by atoms with Crippen LogP contribution >= 0.6 is 11.8 Å². The molecule has 8 nitrogen and oxygen atoms in total. The fourth-order valence-corrected chi connectivity index (χ4v) is 5.35. The summed E-state index contributed by atoms with van der Waals surface area (Å²) in [7, 11) is 1.54. The van der Waals surface area contributed by atoms with Gasteiger partial charge in [0.15, 0.2) is 0 Å². The highest BCUT2D eigenvalue weighted by Gasteiger charge is 2.44. The molecule has 4 rings (SSSR count). The fraction of sp³-hybridized carbons (Fsp3) is 0.276. The number of hydrogen-bond acceptors (Lipinski definition) is 7. The van der Waals surface area contributed by atoms with E-state index in [-0.39, 0.29) is 30.5 Å². The van der Waals surface area contributed by atoms with Crippen LogP contribution in [0.1, 0.15) is 34.4 Å². The van der Waals surface area contributed by atoms with Crippen molar-refractivity contribution < 1.29 is 19.1 Å². The van der Waals surface area contributed by atoms with Gasteiger partial charge in [0.2, 0.25) is 11.8 Å². The molecule has 3 amide bonds. The van der Waals surface area contributed by atoms with Crippen LogP contribution in [-0.2, 0) is 20.9 Å². The molecule has 1 aromatic heterocycles. The number of hydrogen-bond donors (Lipinski definition) is 0. The number of nitriles is 1. The Balaban J connectivity index is 1.61. The van der Waals surface area contributed by atoms with E-state index in [1.54, 1.807) is 24.3 Å². The molecule has 0 radical (unpaired) electrons. The second-order valence-electron chi connectivity index (χ2n) is 9.02. The maximum absolute atomic E-state index is 13.6. The molecule has 0 bridgehead atoms. The molecule has 1 aliphatic heterocycles. The zero-order chi connectivity index (χ0) is 27.4. The van der Waals surface area contributed by atoms with Gasteiger partial charge in [0.05, 0.1) is 30.5 Å². The minimum atomic E-state index is -0.942. The number of ether oxygens (including phenoxy) is 1. The second-order valence-corrected chi connectivity index (χ2v) is 9.98. The van der Waals surface area contributed by atoms with Crippen molar-refractivity contribution in [1.82, 2.24) is 9.88 Å². The largest absolute Gasteiger partial charge is 0.497 e. The highest BCUT2D eigenvalue weighted by Crippen LogP contribution is 2.30. The number of amides is 3. The second kappa shape index (κ2) is 11.5. The van der Waals surface area contributed by atoms with Gasteiger partial charge in [-0.1, -0.05) is 42.1 Å². The van der Waals surface area contributed by atoms with Gasteiger partial charge in [0.25, 0.3) is 5.91 Å². The van der Waals surface area contributed by atoms with E-state index in [0.29, 0.717) is 22.0 Å². The van der Waals surface area contributed by atoms with Crippen LogP contribution in [0.3, 0.4) is 0 Å². The molecule has 9 heteroatoms. The number of aryl methyl sites for hydroxylation is 1. The standard InChI is InChI=1S/C29H28N4O4S/c1-18-19(2)24(15-30)28(31-20(18)3)38-17-27(35)32(16-21-8-6-5-7-9-21)25-14-26(34)33(29(25)36)22-10-12-23(37-4)13-11-22/h5-13,25H,14,16-17H2,1-4H3. The quantitative estimate of drug-likeness (QED) is 0.316. The number of imide groups is 1. The topological polar surface area (TPSA) is 104 Å². The van der Waals surface area contributed by atoms with E-state index < -0.39 is 11.9 Å². The van der Waals surface area contributed by atoms with Crippen LogP contribution in [0.2, 0.25) is 0 Å². The highest BCUT2D eigenvalue weighted by molar-refractivity contribution is 8.00. The molecule has 0 spiro atoms. The van der Waals surface area contributed by atoms with Crippen LogP contribution in [0.25, 0.3) is 0 Å². The van der Waals surface area contributed by atoms with Gasteiger partial charge in [-0.25, -0.2) is 9.88 Å². The summed E-state index contributed by atoms with van der Waals surface area (Å²) in [5.74, 6) is -0.566. The number of nitrogens with zero attached hydrogens (tertiary/aromatic N) is 4. The summed E-state index contributed by atoms with van der Waals surface area (Å²) in [4.78, 5) is 47.3. The molecule has 0 saturated carbocycles. The predicted molar refractivity (Wildman–Crippen MR) is 145 cm³/mol. The Kier molecular flexibility index (Phi) is 8.13. The van der Waals surface area contributed by atoms with Gasteiger partial charge in [0, 0.05) is 12.2 Å². The number of benzene rings is 2. The fourth-order valence-electron chi connectivity index (χ4n) is 4.37. The first-order valence-electron chi connectivity index (χ1n) is 12.1. The summed E-state index contributed by atoms with van der Waals surface area (Å²) in [6, 6.07) is 17.2. The lowest BCUT2D eigenvalue weighted by atomic mass is 10.1.